The van der Waals surface area contributed by atoms with Gasteiger partial charge >= 0.3 is 0 Å². The molecule has 5 heteroatoms. The summed E-state index contributed by atoms with van der Waals surface area (Å²) in [4.78, 5) is 11.8. The lowest BCUT2D eigenvalue weighted by Gasteiger charge is -2.15. The smallest absolute Gasteiger partial charge is 0.255 e. The molecule has 1 aromatic heterocycles. The molecule has 1 heterocycles. The monoisotopic (exact) mass is 365 g/mol. The third-order valence-corrected chi connectivity index (χ3v) is 3.70. The van der Waals surface area contributed by atoms with Crippen LogP contribution >= 0.6 is 31.9 Å². The van der Waals surface area contributed by atoms with Crippen molar-refractivity contribution in [3.05, 3.63) is 22.6 Å². The van der Waals surface area contributed by atoms with Gasteiger partial charge in [0, 0.05) is 11.9 Å². The molecule has 96 valence electrons. The van der Waals surface area contributed by atoms with Crippen molar-refractivity contribution < 1.29 is 9.21 Å². The number of hydrogen-bond donors (Lipinski definition) is 1. The van der Waals surface area contributed by atoms with E-state index in [1.54, 1.807) is 6.07 Å². The van der Waals surface area contributed by atoms with Gasteiger partial charge in [-0.3, -0.25) is 4.79 Å². The van der Waals surface area contributed by atoms with Crippen LogP contribution in [0.1, 0.15) is 36.5 Å². The van der Waals surface area contributed by atoms with E-state index in [0.717, 1.165) is 31.1 Å². The van der Waals surface area contributed by atoms with Gasteiger partial charge < -0.3 is 9.73 Å². The van der Waals surface area contributed by atoms with Crippen LogP contribution in [0.5, 0.6) is 0 Å². The highest BCUT2D eigenvalue weighted by Crippen LogP contribution is 2.18. The lowest BCUT2D eigenvalue weighted by Crippen LogP contribution is -2.29. The molecule has 17 heavy (non-hydrogen) atoms. The standard InChI is InChI=1S/C12H17Br2NO2/c1-2-3-9(4-6-13)8-15-12(16)10-5-7-17-11(10)14/h5,7,9H,2-4,6,8H2,1H3,(H,15,16). The lowest BCUT2D eigenvalue weighted by molar-refractivity contribution is 0.0944. The van der Waals surface area contributed by atoms with E-state index in [9.17, 15) is 4.79 Å². The fourth-order valence-corrected chi connectivity index (χ4v) is 2.77. The molecule has 0 spiro atoms. The van der Waals surface area contributed by atoms with Crippen molar-refractivity contribution in [1.82, 2.24) is 5.32 Å². The highest BCUT2D eigenvalue weighted by molar-refractivity contribution is 9.10. The zero-order valence-corrected chi connectivity index (χ0v) is 13.0. The molecular formula is C12H17Br2NO2. The Hall–Kier alpha value is -0.290. The third-order valence-electron chi connectivity index (χ3n) is 2.63. The molecule has 3 nitrogen and oxygen atoms in total. The number of hydrogen-bond acceptors (Lipinski definition) is 2. The van der Waals surface area contributed by atoms with Crippen LogP contribution in [0, 0.1) is 5.92 Å². The molecule has 1 aromatic rings. The van der Waals surface area contributed by atoms with Gasteiger partial charge in [-0.2, -0.15) is 0 Å². The Morgan fingerprint density at radius 1 is 1.53 bits per heavy atom. The van der Waals surface area contributed by atoms with Gasteiger partial charge in [-0.25, -0.2) is 0 Å². The number of amides is 1. The fourth-order valence-electron chi connectivity index (χ4n) is 1.70. The summed E-state index contributed by atoms with van der Waals surface area (Å²) >= 11 is 6.64. The minimum atomic E-state index is -0.0821. The Morgan fingerprint density at radius 3 is 2.82 bits per heavy atom. The second kappa shape index (κ2) is 7.93. The maximum absolute atomic E-state index is 11.8. The zero-order valence-electron chi connectivity index (χ0n) is 9.84. The van der Waals surface area contributed by atoms with E-state index in [-0.39, 0.29) is 5.91 Å². The van der Waals surface area contributed by atoms with Crippen LogP contribution in [0.4, 0.5) is 0 Å². The first kappa shape index (κ1) is 14.8. The summed E-state index contributed by atoms with van der Waals surface area (Å²) in [5, 5.41) is 3.92. The maximum atomic E-state index is 11.8. The van der Waals surface area contributed by atoms with Gasteiger partial charge in [0.05, 0.1) is 11.8 Å². The van der Waals surface area contributed by atoms with E-state index in [2.05, 4.69) is 44.1 Å². The number of carbonyl (C=O) groups is 1. The van der Waals surface area contributed by atoms with Crippen molar-refractivity contribution in [3.8, 4) is 0 Å². The molecule has 1 N–H and O–H groups in total. The summed E-state index contributed by atoms with van der Waals surface area (Å²) in [6.45, 7) is 2.88. The van der Waals surface area contributed by atoms with Crippen molar-refractivity contribution in [2.24, 2.45) is 5.92 Å². The van der Waals surface area contributed by atoms with Crippen LogP contribution in [-0.2, 0) is 0 Å². The van der Waals surface area contributed by atoms with Gasteiger partial charge in [-0.05, 0) is 40.8 Å². The Bertz CT molecular complexity index is 346. The van der Waals surface area contributed by atoms with Crippen molar-refractivity contribution in [3.63, 3.8) is 0 Å². The highest BCUT2D eigenvalue weighted by atomic mass is 79.9. The van der Waals surface area contributed by atoms with Gasteiger partial charge in [0.25, 0.3) is 5.91 Å². The summed E-state index contributed by atoms with van der Waals surface area (Å²) in [5.41, 5.74) is 0.555. The van der Waals surface area contributed by atoms with Gasteiger partial charge in [-0.1, -0.05) is 29.3 Å². The summed E-state index contributed by atoms with van der Waals surface area (Å²) < 4.78 is 5.52. The van der Waals surface area contributed by atoms with E-state index in [1.807, 2.05) is 0 Å². The first-order valence-corrected chi connectivity index (χ1v) is 7.67. The molecule has 0 aliphatic carbocycles. The SMILES string of the molecule is CCCC(CCBr)CNC(=O)c1ccoc1Br. The molecule has 0 saturated carbocycles. The van der Waals surface area contributed by atoms with Crippen LogP contribution in [0.25, 0.3) is 0 Å². The summed E-state index contributed by atoms with van der Waals surface area (Å²) in [6.07, 6.45) is 4.86. The molecule has 0 fully saturated rings. The second-order valence-corrected chi connectivity index (χ2v) is 5.46. The Labute approximate surface area is 119 Å². The van der Waals surface area contributed by atoms with Gasteiger partial charge in [0.15, 0.2) is 4.67 Å². The van der Waals surface area contributed by atoms with Crippen molar-refractivity contribution in [1.29, 1.82) is 0 Å². The number of nitrogens with one attached hydrogen (secondary N) is 1. The first-order valence-electron chi connectivity index (χ1n) is 5.76. The van der Waals surface area contributed by atoms with E-state index in [1.165, 1.54) is 6.26 Å². The molecule has 0 aliphatic heterocycles. The Kier molecular flexibility index (Phi) is 6.89. The molecule has 1 atom stereocenters. The van der Waals surface area contributed by atoms with Gasteiger partial charge in [-0.15, -0.1) is 0 Å². The van der Waals surface area contributed by atoms with Crippen molar-refractivity contribution in [2.45, 2.75) is 26.2 Å². The summed E-state index contributed by atoms with van der Waals surface area (Å²) in [6, 6.07) is 1.67. The normalized spacial score (nSPS) is 12.4. The molecule has 0 radical (unpaired) electrons. The Morgan fingerprint density at radius 2 is 2.29 bits per heavy atom. The maximum Gasteiger partial charge on any atom is 0.255 e. The largest absolute Gasteiger partial charge is 0.457 e. The second-order valence-electron chi connectivity index (χ2n) is 3.95. The average Bonchev–Trinajstić information content (AvgIpc) is 2.72. The highest BCUT2D eigenvalue weighted by Gasteiger charge is 2.14. The van der Waals surface area contributed by atoms with Crippen molar-refractivity contribution in [2.75, 3.05) is 11.9 Å². The van der Waals surface area contributed by atoms with Crippen molar-refractivity contribution >= 4 is 37.8 Å². The van der Waals surface area contributed by atoms with Crippen LogP contribution in [0.2, 0.25) is 0 Å². The van der Waals surface area contributed by atoms with Crippen LogP contribution in [0.3, 0.4) is 0 Å². The first-order chi connectivity index (χ1) is 8.19. The predicted octanol–water partition coefficient (Wildman–Crippen LogP) is 3.97. The van der Waals surface area contributed by atoms with Gasteiger partial charge in [0.2, 0.25) is 0 Å². The van der Waals surface area contributed by atoms with Gasteiger partial charge in [0.1, 0.15) is 0 Å². The minimum Gasteiger partial charge on any atom is -0.457 e. The quantitative estimate of drug-likeness (QED) is 0.741. The number of carbonyl (C=O) groups excluding carboxylic acids is 1. The van der Waals surface area contributed by atoms with E-state index in [0.29, 0.717) is 16.2 Å². The molecule has 1 rings (SSSR count). The number of halogens is 2. The number of rotatable bonds is 7. The lowest BCUT2D eigenvalue weighted by atomic mass is 10.0. The molecule has 1 unspecified atom stereocenters. The van der Waals surface area contributed by atoms with Crippen LogP contribution in [0.15, 0.2) is 21.4 Å². The average molecular weight is 367 g/mol. The topological polar surface area (TPSA) is 42.2 Å². The van der Waals surface area contributed by atoms with E-state index < -0.39 is 0 Å². The fraction of sp³-hybridized carbons (Fsp3) is 0.583. The number of alkyl halides is 1. The molecule has 0 saturated heterocycles. The molecule has 0 bridgehead atoms. The molecule has 0 aliphatic rings. The predicted molar refractivity (Wildman–Crippen MR) is 75.6 cm³/mol. The van der Waals surface area contributed by atoms with E-state index >= 15 is 0 Å². The third kappa shape index (κ3) is 4.84. The molecule has 1 amide bonds. The molecule has 0 aromatic carbocycles. The minimum absolute atomic E-state index is 0.0821. The van der Waals surface area contributed by atoms with Crippen LogP contribution in [-0.4, -0.2) is 17.8 Å². The number of furan rings is 1. The van der Waals surface area contributed by atoms with Crippen LogP contribution < -0.4 is 5.32 Å². The zero-order chi connectivity index (χ0) is 12.7. The Balaban J connectivity index is 2.43. The van der Waals surface area contributed by atoms with E-state index in [4.69, 9.17) is 4.42 Å². The molecular weight excluding hydrogens is 350 g/mol. The summed E-state index contributed by atoms with van der Waals surface area (Å²) in [7, 11) is 0. The summed E-state index contributed by atoms with van der Waals surface area (Å²) in [5.74, 6) is 0.454.